The van der Waals surface area contributed by atoms with Gasteiger partial charge in [-0.25, -0.2) is 4.98 Å². The van der Waals surface area contributed by atoms with Crippen LogP contribution in [0.1, 0.15) is 25.5 Å². The van der Waals surface area contributed by atoms with Gasteiger partial charge in [0.1, 0.15) is 13.2 Å². The number of rotatable bonds is 7. The van der Waals surface area contributed by atoms with E-state index in [1.807, 2.05) is 54.8 Å². The normalized spacial score (nSPS) is 13.3. The molecule has 1 unspecified atom stereocenters. The monoisotopic (exact) mass is 469 g/mol. The summed E-state index contributed by atoms with van der Waals surface area (Å²) in [5.74, 6) is 1.53. The number of benzene rings is 2. The van der Waals surface area contributed by atoms with Crippen LogP contribution in [0.3, 0.4) is 0 Å². The first kappa shape index (κ1) is 22.2. The smallest absolute Gasteiger partial charge is 0.236 e. The van der Waals surface area contributed by atoms with Crippen molar-refractivity contribution in [3.05, 3.63) is 53.4 Å². The molecule has 0 radical (unpaired) electrons. The topological polar surface area (TPSA) is 89.6 Å². The number of thioether (sulfide) groups is 1. The van der Waals surface area contributed by atoms with Gasteiger partial charge in [-0.05, 0) is 30.7 Å². The average molecular weight is 470 g/mol. The third-order valence-corrected chi connectivity index (χ3v) is 6.51. The van der Waals surface area contributed by atoms with E-state index in [1.165, 1.54) is 30.0 Å². The van der Waals surface area contributed by atoms with Crippen molar-refractivity contribution in [2.75, 3.05) is 24.3 Å². The predicted molar refractivity (Wildman–Crippen MR) is 127 cm³/mol. The average Bonchev–Trinajstić information content (AvgIpc) is 3.25. The van der Waals surface area contributed by atoms with E-state index < -0.39 is 0 Å². The molecule has 9 heteroatoms. The molecule has 7 nitrogen and oxygen atoms in total. The van der Waals surface area contributed by atoms with Crippen LogP contribution in [0.2, 0.25) is 0 Å². The molecular weight excluding hydrogens is 446 g/mol. The van der Waals surface area contributed by atoms with Crippen molar-refractivity contribution in [1.82, 2.24) is 10.3 Å². The Morgan fingerprint density at radius 2 is 1.88 bits per heavy atom. The number of nitrogens with one attached hydrogen (secondary N) is 2. The van der Waals surface area contributed by atoms with Gasteiger partial charge in [-0.15, -0.1) is 23.1 Å². The van der Waals surface area contributed by atoms with E-state index in [9.17, 15) is 9.59 Å². The Hall–Kier alpha value is -3.04. The summed E-state index contributed by atoms with van der Waals surface area (Å²) in [6.07, 6.45) is 0. The predicted octanol–water partition coefficient (Wildman–Crippen LogP) is 4.51. The Morgan fingerprint density at radius 1 is 1.12 bits per heavy atom. The second kappa shape index (κ2) is 10.1. The molecule has 32 heavy (non-hydrogen) atoms. The van der Waals surface area contributed by atoms with Gasteiger partial charge < -0.3 is 20.1 Å². The summed E-state index contributed by atoms with van der Waals surface area (Å²) in [4.78, 5) is 29.1. The number of hydrogen-bond acceptors (Lipinski definition) is 7. The molecule has 2 heterocycles. The zero-order valence-electron chi connectivity index (χ0n) is 17.7. The van der Waals surface area contributed by atoms with Gasteiger partial charge in [0.2, 0.25) is 11.8 Å². The van der Waals surface area contributed by atoms with Crippen LogP contribution in [0.15, 0.2) is 52.7 Å². The lowest BCUT2D eigenvalue weighted by Gasteiger charge is -2.18. The summed E-state index contributed by atoms with van der Waals surface area (Å²) < 4.78 is 11.1. The lowest BCUT2D eigenvalue weighted by atomic mass is 10.1. The van der Waals surface area contributed by atoms with Gasteiger partial charge in [0.05, 0.1) is 17.5 Å². The number of nitrogens with zero attached hydrogens (tertiary/aromatic N) is 1. The molecule has 1 atom stereocenters. The standard InChI is InChI=1S/C23H23N3O4S2/c1-14(24-15(2)27)16-3-5-17(6-4-16)19-12-32-23(25-19)26-22(28)13-31-18-7-8-20-21(11-18)30-10-9-29-20/h3-8,11-12,14H,9-10,13H2,1-2H3,(H,24,27)(H,25,26,28). The number of ether oxygens (including phenoxy) is 2. The molecule has 0 saturated carbocycles. The lowest BCUT2D eigenvalue weighted by molar-refractivity contribution is -0.119. The maximum absolute atomic E-state index is 12.4. The quantitative estimate of drug-likeness (QED) is 0.495. The number of amides is 2. The minimum Gasteiger partial charge on any atom is -0.486 e. The molecule has 0 aliphatic carbocycles. The second-order valence-electron chi connectivity index (χ2n) is 7.22. The van der Waals surface area contributed by atoms with Gasteiger partial charge in [0.15, 0.2) is 16.6 Å². The summed E-state index contributed by atoms with van der Waals surface area (Å²) in [5.41, 5.74) is 2.76. The van der Waals surface area contributed by atoms with E-state index in [1.54, 1.807) is 0 Å². The Labute approximate surface area is 194 Å². The van der Waals surface area contributed by atoms with Crippen LogP contribution in [-0.4, -0.2) is 35.8 Å². The Kier molecular flexibility index (Phi) is 6.96. The molecule has 0 bridgehead atoms. The molecule has 3 aromatic rings. The molecule has 1 aromatic heterocycles. The van der Waals surface area contributed by atoms with E-state index >= 15 is 0 Å². The van der Waals surface area contributed by atoms with Crippen molar-refractivity contribution in [2.24, 2.45) is 0 Å². The van der Waals surface area contributed by atoms with Gasteiger partial charge in [-0.1, -0.05) is 24.3 Å². The third kappa shape index (κ3) is 5.60. The highest BCUT2D eigenvalue weighted by Crippen LogP contribution is 2.34. The summed E-state index contributed by atoms with van der Waals surface area (Å²) >= 11 is 2.82. The fourth-order valence-corrected chi connectivity index (χ4v) is 4.67. The van der Waals surface area contributed by atoms with E-state index in [2.05, 4.69) is 15.6 Å². The molecule has 0 saturated heterocycles. The SMILES string of the molecule is CC(=O)NC(C)c1ccc(-c2csc(NC(=O)CSc3ccc4c(c3)OCCO4)n2)cc1. The highest BCUT2D eigenvalue weighted by molar-refractivity contribution is 8.00. The van der Waals surface area contributed by atoms with Crippen LogP contribution in [0.5, 0.6) is 11.5 Å². The number of carbonyl (C=O) groups excluding carboxylic acids is 2. The second-order valence-corrected chi connectivity index (χ2v) is 9.13. The van der Waals surface area contributed by atoms with Crippen molar-refractivity contribution in [3.63, 3.8) is 0 Å². The number of fused-ring (bicyclic) bond motifs is 1. The van der Waals surface area contributed by atoms with Crippen LogP contribution in [-0.2, 0) is 9.59 Å². The molecule has 166 valence electrons. The molecule has 1 aliphatic heterocycles. The van der Waals surface area contributed by atoms with E-state index in [0.29, 0.717) is 24.1 Å². The highest BCUT2D eigenvalue weighted by atomic mass is 32.2. The Morgan fingerprint density at radius 3 is 2.62 bits per heavy atom. The molecule has 2 amide bonds. The van der Waals surface area contributed by atoms with Gasteiger partial charge in [0, 0.05) is 22.8 Å². The van der Waals surface area contributed by atoms with Gasteiger partial charge in [0.25, 0.3) is 0 Å². The maximum Gasteiger partial charge on any atom is 0.236 e. The molecule has 2 N–H and O–H groups in total. The van der Waals surface area contributed by atoms with E-state index in [4.69, 9.17) is 9.47 Å². The Balaban J connectivity index is 1.32. The lowest BCUT2D eigenvalue weighted by Crippen LogP contribution is -2.23. The summed E-state index contributed by atoms with van der Waals surface area (Å²) in [7, 11) is 0. The van der Waals surface area contributed by atoms with Gasteiger partial charge >= 0.3 is 0 Å². The zero-order valence-corrected chi connectivity index (χ0v) is 19.3. The minimum atomic E-state index is -0.120. The first-order chi connectivity index (χ1) is 15.5. The number of thiazole rings is 1. The minimum absolute atomic E-state index is 0.0569. The molecule has 0 spiro atoms. The van der Waals surface area contributed by atoms with Gasteiger partial charge in [-0.3, -0.25) is 9.59 Å². The Bertz CT molecular complexity index is 1110. The van der Waals surface area contributed by atoms with Crippen molar-refractivity contribution >= 4 is 40.0 Å². The van der Waals surface area contributed by atoms with Crippen LogP contribution >= 0.6 is 23.1 Å². The highest BCUT2D eigenvalue weighted by Gasteiger charge is 2.14. The zero-order chi connectivity index (χ0) is 22.5. The molecule has 4 rings (SSSR count). The number of carbonyl (C=O) groups is 2. The van der Waals surface area contributed by atoms with Crippen LogP contribution in [0.25, 0.3) is 11.3 Å². The van der Waals surface area contributed by atoms with Crippen molar-refractivity contribution in [2.45, 2.75) is 24.8 Å². The summed E-state index contributed by atoms with van der Waals surface area (Å²) in [5, 5.41) is 8.20. The van der Waals surface area contributed by atoms with Crippen molar-refractivity contribution in [3.8, 4) is 22.8 Å². The van der Waals surface area contributed by atoms with E-state index in [0.717, 1.165) is 27.5 Å². The van der Waals surface area contributed by atoms with Crippen LogP contribution in [0.4, 0.5) is 5.13 Å². The maximum atomic E-state index is 12.4. The molecule has 0 fully saturated rings. The first-order valence-electron chi connectivity index (χ1n) is 10.1. The molecule has 1 aliphatic rings. The largest absolute Gasteiger partial charge is 0.486 e. The number of hydrogen-bond donors (Lipinski definition) is 2. The number of aromatic nitrogens is 1. The first-order valence-corrected chi connectivity index (χ1v) is 12.0. The fraction of sp³-hybridized carbons (Fsp3) is 0.261. The fourth-order valence-electron chi connectivity index (χ4n) is 3.21. The summed E-state index contributed by atoms with van der Waals surface area (Å²) in [6, 6.07) is 13.5. The van der Waals surface area contributed by atoms with Gasteiger partial charge in [-0.2, -0.15) is 0 Å². The molecule has 2 aromatic carbocycles. The van der Waals surface area contributed by atoms with E-state index in [-0.39, 0.29) is 23.6 Å². The van der Waals surface area contributed by atoms with Crippen molar-refractivity contribution < 1.29 is 19.1 Å². The molecular formula is C23H23N3O4S2. The summed E-state index contributed by atoms with van der Waals surface area (Å²) in [6.45, 7) is 4.53. The van der Waals surface area contributed by atoms with Crippen LogP contribution in [0, 0.1) is 0 Å². The van der Waals surface area contributed by atoms with Crippen molar-refractivity contribution in [1.29, 1.82) is 0 Å². The van der Waals surface area contributed by atoms with Crippen LogP contribution < -0.4 is 20.1 Å². The number of anilines is 1. The third-order valence-electron chi connectivity index (χ3n) is 4.76.